The van der Waals surface area contributed by atoms with Gasteiger partial charge in [0.1, 0.15) is 12.4 Å². The number of hydrogen-bond acceptors (Lipinski definition) is 4. The summed E-state index contributed by atoms with van der Waals surface area (Å²) in [6.07, 6.45) is 4.59. The highest BCUT2D eigenvalue weighted by Crippen LogP contribution is 2.29. The molecular formula is C17H24N2O2. The first-order valence-corrected chi connectivity index (χ1v) is 8.08. The number of nitrogens with one attached hydrogen (secondary N) is 1. The van der Waals surface area contributed by atoms with Crippen LogP contribution in [0.4, 0.5) is 5.69 Å². The molecule has 1 fully saturated rings. The van der Waals surface area contributed by atoms with Gasteiger partial charge >= 0.3 is 0 Å². The van der Waals surface area contributed by atoms with Gasteiger partial charge in [-0.25, -0.2) is 0 Å². The molecule has 0 aliphatic carbocycles. The highest BCUT2D eigenvalue weighted by Gasteiger charge is 2.27. The second-order valence-corrected chi connectivity index (χ2v) is 5.87. The Morgan fingerprint density at radius 2 is 2.14 bits per heavy atom. The zero-order chi connectivity index (χ0) is 14.7. The van der Waals surface area contributed by atoms with Crippen LogP contribution in [0.3, 0.4) is 0 Å². The van der Waals surface area contributed by atoms with E-state index < -0.39 is 0 Å². The molecule has 0 saturated carbocycles. The Morgan fingerprint density at radius 1 is 1.33 bits per heavy atom. The minimum absolute atomic E-state index is 0.0212. The lowest BCUT2D eigenvalue weighted by atomic mass is 9.97. The number of nitrogens with zero attached hydrogens (tertiary/aromatic N) is 1. The fraction of sp³-hybridized carbons (Fsp3) is 0.588. The van der Waals surface area contributed by atoms with E-state index >= 15 is 0 Å². The molecule has 114 valence electrons. The van der Waals surface area contributed by atoms with Gasteiger partial charge in [-0.1, -0.05) is 13.3 Å². The van der Waals surface area contributed by atoms with Crippen LogP contribution in [0.1, 0.15) is 43.0 Å². The highest BCUT2D eigenvalue weighted by molar-refractivity contribution is 6.01. The van der Waals surface area contributed by atoms with Crippen LogP contribution in [0, 0.1) is 0 Å². The smallest absolute Gasteiger partial charge is 0.180 e. The Hall–Kier alpha value is -1.55. The van der Waals surface area contributed by atoms with Gasteiger partial charge in [-0.2, -0.15) is 0 Å². The largest absolute Gasteiger partial charge is 0.490 e. The number of anilines is 1. The third kappa shape index (κ3) is 3.05. The summed E-state index contributed by atoms with van der Waals surface area (Å²) in [5, 5.41) is 3.30. The monoisotopic (exact) mass is 288 g/mol. The van der Waals surface area contributed by atoms with Gasteiger partial charge in [0.25, 0.3) is 0 Å². The third-order valence-corrected chi connectivity index (χ3v) is 4.46. The second kappa shape index (κ2) is 6.48. The van der Waals surface area contributed by atoms with Gasteiger partial charge in [0.15, 0.2) is 5.78 Å². The Balaban J connectivity index is 1.79. The second-order valence-electron chi connectivity index (χ2n) is 5.87. The van der Waals surface area contributed by atoms with Crippen molar-refractivity contribution in [1.29, 1.82) is 0 Å². The zero-order valence-corrected chi connectivity index (χ0v) is 12.7. The summed E-state index contributed by atoms with van der Waals surface area (Å²) < 4.78 is 5.58. The summed E-state index contributed by atoms with van der Waals surface area (Å²) in [6.45, 7) is 5.70. The molecule has 2 heterocycles. The number of Topliss-reactive ketones (excluding diaryl/α,β-unsaturated/α-hetero) is 1. The van der Waals surface area contributed by atoms with Crippen molar-refractivity contribution in [2.45, 2.75) is 38.6 Å². The van der Waals surface area contributed by atoms with E-state index in [2.05, 4.69) is 17.1 Å². The summed E-state index contributed by atoms with van der Waals surface area (Å²) in [4.78, 5) is 15.2. The topological polar surface area (TPSA) is 41.6 Å². The van der Waals surface area contributed by atoms with Crippen LogP contribution in [0.25, 0.3) is 0 Å². The Kier molecular flexibility index (Phi) is 4.44. The molecule has 0 amide bonds. The maximum atomic E-state index is 12.9. The molecule has 1 aromatic rings. The quantitative estimate of drug-likeness (QED) is 0.865. The molecule has 2 aliphatic rings. The van der Waals surface area contributed by atoms with Gasteiger partial charge in [0.2, 0.25) is 0 Å². The number of ketones is 1. The van der Waals surface area contributed by atoms with E-state index in [-0.39, 0.29) is 11.8 Å². The molecule has 4 nitrogen and oxygen atoms in total. The van der Waals surface area contributed by atoms with Crippen molar-refractivity contribution < 1.29 is 9.53 Å². The Labute approximate surface area is 126 Å². The van der Waals surface area contributed by atoms with Crippen molar-refractivity contribution in [2.75, 3.05) is 31.6 Å². The predicted octanol–water partition coefficient (Wildman–Crippen LogP) is 2.94. The van der Waals surface area contributed by atoms with Crippen LogP contribution in [0.15, 0.2) is 18.2 Å². The van der Waals surface area contributed by atoms with Crippen LogP contribution in [-0.4, -0.2) is 43.0 Å². The Bertz CT molecular complexity index is 510. The van der Waals surface area contributed by atoms with Gasteiger partial charge < -0.3 is 10.1 Å². The van der Waals surface area contributed by atoms with Gasteiger partial charge in [0, 0.05) is 12.1 Å². The minimum atomic E-state index is 0.0212. The van der Waals surface area contributed by atoms with Gasteiger partial charge in [-0.05, 0) is 50.6 Å². The number of hydrogen-bond donors (Lipinski definition) is 1. The number of fused-ring (bicyclic) bond motifs is 1. The van der Waals surface area contributed by atoms with Crippen molar-refractivity contribution >= 4 is 11.5 Å². The normalized spacial score (nSPS) is 20.0. The third-order valence-electron chi connectivity index (χ3n) is 4.46. The SMILES string of the molecule is CCC(C(=O)c1ccc2c(c1)NCCO2)N1CCCCC1. The average molecular weight is 288 g/mol. The molecule has 1 aromatic carbocycles. The lowest BCUT2D eigenvalue weighted by Crippen LogP contribution is -2.43. The first kappa shape index (κ1) is 14.4. The summed E-state index contributed by atoms with van der Waals surface area (Å²) >= 11 is 0. The molecule has 2 aliphatic heterocycles. The minimum Gasteiger partial charge on any atom is -0.490 e. The van der Waals surface area contributed by atoms with E-state index in [9.17, 15) is 4.79 Å². The number of rotatable bonds is 4. The number of ether oxygens (including phenoxy) is 1. The van der Waals surface area contributed by atoms with Crippen molar-refractivity contribution in [3.05, 3.63) is 23.8 Å². The molecule has 1 atom stereocenters. The highest BCUT2D eigenvalue weighted by atomic mass is 16.5. The van der Waals surface area contributed by atoms with E-state index in [0.29, 0.717) is 6.61 Å². The van der Waals surface area contributed by atoms with Gasteiger partial charge in [0.05, 0.1) is 11.7 Å². The van der Waals surface area contributed by atoms with Crippen LogP contribution in [-0.2, 0) is 0 Å². The molecule has 0 radical (unpaired) electrons. The van der Waals surface area contributed by atoms with Crippen LogP contribution in [0.5, 0.6) is 5.75 Å². The van der Waals surface area contributed by atoms with Crippen LogP contribution < -0.4 is 10.1 Å². The summed E-state index contributed by atoms with van der Waals surface area (Å²) in [5.41, 5.74) is 1.74. The fourth-order valence-electron chi connectivity index (χ4n) is 3.33. The molecule has 1 unspecified atom stereocenters. The van der Waals surface area contributed by atoms with Gasteiger partial charge in [-0.15, -0.1) is 0 Å². The Morgan fingerprint density at radius 3 is 2.90 bits per heavy atom. The molecule has 0 aromatic heterocycles. The van der Waals surface area contributed by atoms with Crippen molar-refractivity contribution in [2.24, 2.45) is 0 Å². The first-order valence-electron chi connectivity index (χ1n) is 8.08. The van der Waals surface area contributed by atoms with E-state index in [1.54, 1.807) is 0 Å². The summed E-state index contributed by atoms with van der Waals surface area (Å²) in [7, 11) is 0. The average Bonchev–Trinajstić information content (AvgIpc) is 2.56. The number of carbonyl (C=O) groups is 1. The van der Waals surface area contributed by atoms with Crippen LogP contribution in [0.2, 0.25) is 0 Å². The van der Waals surface area contributed by atoms with Crippen molar-refractivity contribution in [3.8, 4) is 5.75 Å². The number of benzene rings is 1. The van der Waals surface area contributed by atoms with E-state index in [1.165, 1.54) is 19.3 Å². The lowest BCUT2D eigenvalue weighted by Gasteiger charge is -2.33. The molecule has 3 rings (SSSR count). The van der Waals surface area contributed by atoms with E-state index in [0.717, 1.165) is 43.1 Å². The number of carbonyl (C=O) groups excluding carboxylic acids is 1. The number of likely N-dealkylation sites (tertiary alicyclic amines) is 1. The van der Waals surface area contributed by atoms with Gasteiger partial charge in [-0.3, -0.25) is 9.69 Å². The summed E-state index contributed by atoms with van der Waals surface area (Å²) in [5.74, 6) is 1.10. The molecule has 0 bridgehead atoms. The molecular weight excluding hydrogens is 264 g/mol. The molecule has 1 N–H and O–H groups in total. The van der Waals surface area contributed by atoms with E-state index in [4.69, 9.17) is 4.74 Å². The molecule has 1 saturated heterocycles. The molecule has 0 spiro atoms. The molecule has 4 heteroatoms. The predicted molar refractivity (Wildman–Crippen MR) is 84.3 cm³/mol. The number of piperidine rings is 1. The first-order chi connectivity index (χ1) is 10.3. The standard InChI is InChI=1S/C17H24N2O2/c1-2-15(19-9-4-3-5-10-19)17(20)13-6-7-16-14(12-13)18-8-11-21-16/h6-7,12,15,18H,2-5,8-11H2,1H3. The van der Waals surface area contributed by atoms with E-state index in [1.807, 2.05) is 18.2 Å². The zero-order valence-electron chi connectivity index (χ0n) is 12.7. The summed E-state index contributed by atoms with van der Waals surface area (Å²) in [6, 6.07) is 5.79. The lowest BCUT2D eigenvalue weighted by molar-refractivity contribution is 0.0777. The fourth-order valence-corrected chi connectivity index (χ4v) is 3.33. The van der Waals surface area contributed by atoms with Crippen LogP contribution >= 0.6 is 0 Å². The maximum absolute atomic E-state index is 12.9. The maximum Gasteiger partial charge on any atom is 0.180 e. The van der Waals surface area contributed by atoms with Crippen molar-refractivity contribution in [3.63, 3.8) is 0 Å². The molecule has 21 heavy (non-hydrogen) atoms. The van der Waals surface area contributed by atoms with Crippen molar-refractivity contribution in [1.82, 2.24) is 4.90 Å².